The Hall–Kier alpha value is -3.22. The summed E-state index contributed by atoms with van der Waals surface area (Å²) in [6.45, 7) is 1.74. The van der Waals surface area contributed by atoms with Crippen molar-refractivity contribution in [1.29, 1.82) is 0 Å². The number of amides is 1. The zero-order valence-electron chi connectivity index (χ0n) is 13.0. The number of rotatable bonds is 4. The molecule has 122 valence electrons. The predicted octanol–water partition coefficient (Wildman–Crippen LogP) is 1.67. The summed E-state index contributed by atoms with van der Waals surface area (Å²) >= 11 is 0. The molecule has 3 aromatic rings. The zero-order chi connectivity index (χ0) is 17.1. The Labute approximate surface area is 137 Å². The zero-order valence-corrected chi connectivity index (χ0v) is 13.0. The number of carbonyl (C=O) groups excluding carboxylic acids is 1. The number of para-hydroxylation sites is 1. The molecule has 1 atom stereocenters. The smallest absolute Gasteiger partial charge is 0.309 e. The first kappa shape index (κ1) is 15.7. The number of anilines is 1. The second-order valence-electron chi connectivity index (χ2n) is 5.28. The van der Waals surface area contributed by atoms with Gasteiger partial charge in [-0.3, -0.25) is 9.59 Å². The van der Waals surface area contributed by atoms with Gasteiger partial charge in [0.1, 0.15) is 11.9 Å². The second kappa shape index (κ2) is 6.49. The van der Waals surface area contributed by atoms with E-state index in [0.717, 1.165) is 4.57 Å². The molecule has 2 aromatic heterocycles. The molecule has 3 rings (SSSR count). The third-order valence-electron chi connectivity index (χ3n) is 3.75. The number of carbonyl (C=O) groups is 1. The van der Waals surface area contributed by atoms with Gasteiger partial charge in [-0.25, -0.2) is 14.3 Å². The molecule has 0 spiro atoms. The van der Waals surface area contributed by atoms with Gasteiger partial charge >= 0.3 is 5.69 Å². The molecule has 24 heavy (non-hydrogen) atoms. The van der Waals surface area contributed by atoms with Crippen molar-refractivity contribution in [2.75, 3.05) is 5.32 Å². The van der Waals surface area contributed by atoms with Crippen LogP contribution in [0.4, 0.5) is 5.82 Å². The van der Waals surface area contributed by atoms with Gasteiger partial charge < -0.3 is 10.3 Å². The van der Waals surface area contributed by atoms with E-state index < -0.39 is 23.2 Å². The Morgan fingerprint density at radius 2 is 1.96 bits per heavy atom. The first-order valence-electron chi connectivity index (χ1n) is 7.57. The van der Waals surface area contributed by atoms with Crippen molar-refractivity contribution < 1.29 is 4.79 Å². The molecule has 0 radical (unpaired) electrons. The summed E-state index contributed by atoms with van der Waals surface area (Å²) in [5.74, 6) is -0.0923. The van der Waals surface area contributed by atoms with Crippen LogP contribution in [-0.4, -0.2) is 20.4 Å². The topological polar surface area (TPSA) is 96.8 Å². The van der Waals surface area contributed by atoms with Crippen LogP contribution < -0.4 is 16.6 Å². The highest BCUT2D eigenvalue weighted by Crippen LogP contribution is 2.12. The number of hydrogen-bond donors (Lipinski definition) is 2. The molecule has 7 nitrogen and oxygen atoms in total. The number of hydrogen-bond acceptors (Lipinski definition) is 4. The summed E-state index contributed by atoms with van der Waals surface area (Å²) in [5.41, 5.74) is -0.650. The minimum absolute atomic E-state index is 0.292. The normalized spacial score (nSPS) is 12.0. The maximum Gasteiger partial charge on any atom is 0.329 e. The van der Waals surface area contributed by atoms with Crippen molar-refractivity contribution in [3.63, 3.8) is 0 Å². The van der Waals surface area contributed by atoms with Gasteiger partial charge in [-0.15, -0.1) is 0 Å². The lowest BCUT2D eigenvalue weighted by atomic mass is 10.2. The van der Waals surface area contributed by atoms with Gasteiger partial charge in [-0.05, 0) is 30.7 Å². The van der Waals surface area contributed by atoms with E-state index in [0.29, 0.717) is 23.1 Å². The summed E-state index contributed by atoms with van der Waals surface area (Å²) < 4.78 is 0.959. The van der Waals surface area contributed by atoms with Gasteiger partial charge in [0.05, 0.1) is 10.9 Å². The quantitative estimate of drug-likeness (QED) is 0.763. The van der Waals surface area contributed by atoms with Crippen LogP contribution in [0.25, 0.3) is 10.9 Å². The van der Waals surface area contributed by atoms with E-state index in [4.69, 9.17) is 0 Å². The third-order valence-corrected chi connectivity index (χ3v) is 3.75. The van der Waals surface area contributed by atoms with Crippen LogP contribution in [0.3, 0.4) is 0 Å². The molecule has 7 heteroatoms. The molecule has 0 aliphatic heterocycles. The van der Waals surface area contributed by atoms with Gasteiger partial charge in [0.2, 0.25) is 5.91 Å². The van der Waals surface area contributed by atoms with Gasteiger partial charge in [0.25, 0.3) is 5.56 Å². The molecular formula is C17H16N4O3. The van der Waals surface area contributed by atoms with E-state index in [-0.39, 0.29) is 0 Å². The molecule has 0 aliphatic carbocycles. The molecule has 0 bridgehead atoms. The Morgan fingerprint density at radius 1 is 1.21 bits per heavy atom. The van der Waals surface area contributed by atoms with Gasteiger partial charge in [-0.1, -0.05) is 25.1 Å². The molecule has 2 heterocycles. The van der Waals surface area contributed by atoms with Crippen LogP contribution >= 0.6 is 0 Å². The molecule has 1 unspecified atom stereocenters. The van der Waals surface area contributed by atoms with E-state index >= 15 is 0 Å². The molecule has 0 saturated carbocycles. The first-order valence-corrected chi connectivity index (χ1v) is 7.57. The highest BCUT2D eigenvalue weighted by atomic mass is 16.2. The van der Waals surface area contributed by atoms with E-state index in [2.05, 4.69) is 15.3 Å². The highest BCUT2D eigenvalue weighted by Gasteiger charge is 2.23. The molecule has 0 saturated heterocycles. The fourth-order valence-electron chi connectivity index (χ4n) is 2.59. The van der Waals surface area contributed by atoms with Crippen molar-refractivity contribution >= 4 is 22.6 Å². The summed E-state index contributed by atoms with van der Waals surface area (Å²) in [7, 11) is 0. The van der Waals surface area contributed by atoms with Crippen LogP contribution in [-0.2, 0) is 4.79 Å². The van der Waals surface area contributed by atoms with E-state index in [1.54, 1.807) is 55.6 Å². The molecule has 1 aromatic carbocycles. The Balaban J connectivity index is 2.05. The van der Waals surface area contributed by atoms with Crippen molar-refractivity contribution in [3.05, 3.63) is 69.5 Å². The number of pyridine rings is 1. The lowest BCUT2D eigenvalue weighted by Crippen LogP contribution is -2.42. The van der Waals surface area contributed by atoms with Crippen LogP contribution in [0.1, 0.15) is 19.4 Å². The molecule has 0 fully saturated rings. The Kier molecular flexibility index (Phi) is 4.24. The van der Waals surface area contributed by atoms with E-state index in [9.17, 15) is 14.4 Å². The summed E-state index contributed by atoms with van der Waals surface area (Å²) in [6.07, 6.45) is 1.84. The number of benzene rings is 1. The lowest BCUT2D eigenvalue weighted by Gasteiger charge is -2.17. The maximum atomic E-state index is 12.7. The molecule has 2 N–H and O–H groups in total. The van der Waals surface area contributed by atoms with Crippen molar-refractivity contribution in [3.8, 4) is 0 Å². The maximum absolute atomic E-state index is 12.7. The minimum Gasteiger partial charge on any atom is -0.309 e. The Morgan fingerprint density at radius 3 is 2.67 bits per heavy atom. The highest BCUT2D eigenvalue weighted by molar-refractivity contribution is 5.93. The lowest BCUT2D eigenvalue weighted by molar-refractivity contribution is -0.119. The number of aromatic amines is 1. The monoisotopic (exact) mass is 324 g/mol. The third kappa shape index (κ3) is 2.83. The average molecular weight is 324 g/mol. The average Bonchev–Trinajstić information content (AvgIpc) is 2.59. The Bertz CT molecular complexity index is 992. The molecular weight excluding hydrogens is 308 g/mol. The summed E-state index contributed by atoms with van der Waals surface area (Å²) in [5, 5.41) is 2.99. The minimum atomic E-state index is -0.923. The van der Waals surface area contributed by atoms with Crippen molar-refractivity contribution in [2.24, 2.45) is 0 Å². The number of H-pyrrole nitrogens is 1. The van der Waals surface area contributed by atoms with Crippen LogP contribution in [0.15, 0.2) is 58.3 Å². The van der Waals surface area contributed by atoms with Crippen molar-refractivity contribution in [2.45, 2.75) is 19.4 Å². The number of aromatic nitrogens is 3. The first-order chi connectivity index (χ1) is 11.6. The second-order valence-corrected chi connectivity index (χ2v) is 5.28. The van der Waals surface area contributed by atoms with E-state index in [1.165, 1.54) is 0 Å². The summed E-state index contributed by atoms with van der Waals surface area (Å²) in [4.78, 5) is 44.2. The summed E-state index contributed by atoms with van der Waals surface area (Å²) in [6, 6.07) is 10.9. The van der Waals surface area contributed by atoms with Crippen LogP contribution in [0.2, 0.25) is 0 Å². The standard InChI is InChI=1S/C17H16N4O3/c1-2-13(15(22)20-14-9-5-6-10-18-14)21-16(23)11-7-3-4-8-12(11)19-17(21)24/h3-10,13H,2H2,1H3,(H,19,24)(H,18,20,22). The van der Waals surface area contributed by atoms with Crippen molar-refractivity contribution in [1.82, 2.24) is 14.5 Å². The number of fused-ring (bicyclic) bond motifs is 1. The molecule has 1 amide bonds. The largest absolute Gasteiger partial charge is 0.329 e. The predicted molar refractivity (Wildman–Crippen MR) is 91.0 cm³/mol. The fourth-order valence-corrected chi connectivity index (χ4v) is 2.59. The van der Waals surface area contributed by atoms with Gasteiger partial charge in [-0.2, -0.15) is 0 Å². The SMILES string of the molecule is CCC(C(=O)Nc1ccccn1)n1c(=O)[nH]c2ccccc2c1=O. The number of nitrogens with zero attached hydrogens (tertiary/aromatic N) is 2. The molecule has 0 aliphatic rings. The van der Waals surface area contributed by atoms with Gasteiger partial charge in [0, 0.05) is 6.20 Å². The van der Waals surface area contributed by atoms with Crippen LogP contribution in [0.5, 0.6) is 0 Å². The van der Waals surface area contributed by atoms with Crippen LogP contribution in [0, 0.1) is 0 Å². The fraction of sp³-hybridized carbons (Fsp3) is 0.176. The van der Waals surface area contributed by atoms with Gasteiger partial charge in [0.15, 0.2) is 0 Å². The number of nitrogens with one attached hydrogen (secondary N) is 2. The van der Waals surface area contributed by atoms with E-state index in [1.807, 2.05) is 0 Å².